The van der Waals surface area contributed by atoms with Crippen molar-refractivity contribution < 1.29 is 9.90 Å². The number of hydrogen-bond donors (Lipinski definition) is 1. The number of rotatable bonds is 9. The van der Waals surface area contributed by atoms with Crippen molar-refractivity contribution in [3.63, 3.8) is 0 Å². The molecule has 0 aliphatic heterocycles. The van der Waals surface area contributed by atoms with Gasteiger partial charge >= 0.3 is 5.97 Å². The minimum atomic E-state index is -0.902. The zero-order valence-electron chi connectivity index (χ0n) is 20.6. The molecule has 2 aromatic carbocycles. The van der Waals surface area contributed by atoms with Crippen LogP contribution in [0.25, 0.3) is 15.7 Å². The van der Waals surface area contributed by atoms with E-state index in [4.69, 9.17) is 0 Å². The van der Waals surface area contributed by atoms with E-state index in [0.29, 0.717) is 5.56 Å². The number of fused-ring (bicyclic) bond motifs is 1. The fraction of sp³-hybridized carbons (Fsp3) is 0.267. The molecule has 4 rings (SSSR count). The number of hydrogen-bond acceptors (Lipinski definition) is 4. The molecule has 4 nitrogen and oxygen atoms in total. The molecule has 1 aromatic heterocycles. The smallest absolute Gasteiger partial charge is 0.335 e. The summed E-state index contributed by atoms with van der Waals surface area (Å²) in [5.74, 6) is -0.902. The Kier molecular flexibility index (Phi) is 7.98. The standard InChI is InChI=1S/C30H32N2O2S/c1-4-7-18-31-25-14-10-21(11-15-25)29(22-12-16-26(17-13-22)32(5-2)6-3)28-19-23-8-9-24(30(33)34)20-27(23)35-28/h8-17,19-20H,4-7,18H2,1-3H3,(H,33,34). The van der Waals surface area contributed by atoms with Crippen molar-refractivity contribution >= 4 is 44.4 Å². The third-order valence-corrected chi connectivity index (χ3v) is 7.38. The van der Waals surface area contributed by atoms with E-state index in [-0.39, 0.29) is 0 Å². The number of benzene rings is 2. The predicted molar refractivity (Wildman–Crippen MR) is 150 cm³/mol. The Morgan fingerprint density at radius 2 is 1.60 bits per heavy atom. The zero-order chi connectivity index (χ0) is 24.8. The van der Waals surface area contributed by atoms with Crippen molar-refractivity contribution in [3.05, 3.63) is 94.4 Å². The number of carboxylic acids is 1. The number of thiophene rings is 1. The largest absolute Gasteiger partial charge is 0.478 e. The van der Waals surface area contributed by atoms with Gasteiger partial charge in [0.05, 0.1) is 11.3 Å². The molecule has 1 heterocycles. The number of carboxylic acid groups (broad SMARTS) is 1. The number of unbranched alkanes of at least 4 members (excludes halogenated alkanes) is 1. The van der Waals surface area contributed by atoms with Crippen molar-refractivity contribution in [2.24, 2.45) is 4.99 Å². The minimum absolute atomic E-state index is 0.314. The van der Waals surface area contributed by atoms with E-state index in [1.165, 1.54) is 5.69 Å². The molecule has 0 fully saturated rings. The first-order chi connectivity index (χ1) is 17.0. The van der Waals surface area contributed by atoms with Crippen LogP contribution in [0.1, 0.15) is 54.4 Å². The van der Waals surface area contributed by atoms with E-state index in [1.807, 2.05) is 6.07 Å². The van der Waals surface area contributed by atoms with E-state index < -0.39 is 5.97 Å². The first-order valence-corrected chi connectivity index (χ1v) is 13.1. The molecule has 0 saturated carbocycles. The number of aromatic carboxylic acids is 1. The maximum absolute atomic E-state index is 11.5. The summed E-state index contributed by atoms with van der Waals surface area (Å²) in [7, 11) is 0. The number of carbonyl (C=O) groups is 1. The summed E-state index contributed by atoms with van der Waals surface area (Å²) < 4.78 is 0.975. The molecule has 0 bridgehead atoms. The second-order valence-corrected chi connectivity index (χ2v) is 9.63. The van der Waals surface area contributed by atoms with E-state index >= 15 is 0 Å². The Bertz CT molecular complexity index is 1300. The van der Waals surface area contributed by atoms with Crippen LogP contribution >= 0.6 is 11.3 Å². The Labute approximate surface area is 211 Å². The van der Waals surface area contributed by atoms with Crippen LogP contribution in [0.4, 0.5) is 5.69 Å². The molecule has 0 radical (unpaired) electrons. The van der Waals surface area contributed by atoms with Gasteiger partial charge in [-0.05, 0) is 79.3 Å². The summed E-state index contributed by atoms with van der Waals surface area (Å²) >= 11 is 1.63. The van der Waals surface area contributed by atoms with Crippen LogP contribution in [0.3, 0.4) is 0 Å². The van der Waals surface area contributed by atoms with Crippen LogP contribution in [0.2, 0.25) is 0 Å². The number of aliphatic imine (C=N–C) groups is 1. The number of allylic oxidation sites excluding steroid dienone is 5. The lowest BCUT2D eigenvalue weighted by molar-refractivity contribution is 0.0697. The SMILES string of the molecule is CCCCN=C1C=CC(=C(c2ccc(N(CC)CC)cc2)c2cc3ccc(C(=O)O)cc3s2)C=C1. The van der Waals surface area contributed by atoms with Crippen molar-refractivity contribution in [2.45, 2.75) is 33.6 Å². The molecule has 1 aliphatic carbocycles. The molecule has 0 spiro atoms. The van der Waals surface area contributed by atoms with Gasteiger partial charge in [0.25, 0.3) is 0 Å². The van der Waals surface area contributed by atoms with Crippen molar-refractivity contribution in [3.8, 4) is 0 Å². The molecular formula is C30H32N2O2S. The highest BCUT2D eigenvalue weighted by molar-refractivity contribution is 7.20. The van der Waals surface area contributed by atoms with Gasteiger partial charge in [0.15, 0.2) is 0 Å². The van der Waals surface area contributed by atoms with Crippen LogP contribution in [-0.4, -0.2) is 36.4 Å². The molecule has 0 saturated heterocycles. The summed E-state index contributed by atoms with van der Waals surface area (Å²) in [5, 5.41) is 10.5. The van der Waals surface area contributed by atoms with Crippen molar-refractivity contribution in [2.75, 3.05) is 24.5 Å². The average molecular weight is 485 g/mol. The van der Waals surface area contributed by atoms with Gasteiger partial charge in [-0.25, -0.2) is 4.79 Å². The summed E-state index contributed by atoms with van der Waals surface area (Å²) in [4.78, 5) is 19.6. The van der Waals surface area contributed by atoms with Gasteiger partial charge in [0.2, 0.25) is 0 Å². The number of nitrogens with zero attached hydrogens (tertiary/aromatic N) is 2. The van der Waals surface area contributed by atoms with Gasteiger partial charge in [0.1, 0.15) is 0 Å². The normalized spacial score (nSPS) is 12.9. The molecular weight excluding hydrogens is 452 g/mol. The minimum Gasteiger partial charge on any atom is -0.478 e. The van der Waals surface area contributed by atoms with Crippen LogP contribution < -0.4 is 4.90 Å². The second-order valence-electron chi connectivity index (χ2n) is 8.54. The van der Waals surface area contributed by atoms with Gasteiger partial charge in [-0.1, -0.05) is 43.7 Å². The molecule has 5 heteroatoms. The fourth-order valence-corrected chi connectivity index (χ4v) is 5.46. The molecule has 180 valence electrons. The Balaban J connectivity index is 1.79. The van der Waals surface area contributed by atoms with E-state index in [2.05, 4.69) is 85.3 Å². The van der Waals surface area contributed by atoms with Gasteiger partial charge < -0.3 is 10.0 Å². The Morgan fingerprint density at radius 1 is 0.914 bits per heavy atom. The highest BCUT2D eigenvalue weighted by Crippen LogP contribution is 2.38. The lowest BCUT2D eigenvalue weighted by atomic mass is 9.94. The summed E-state index contributed by atoms with van der Waals surface area (Å²) in [6, 6.07) is 16.3. The van der Waals surface area contributed by atoms with E-state index in [9.17, 15) is 9.90 Å². The van der Waals surface area contributed by atoms with Crippen molar-refractivity contribution in [1.82, 2.24) is 0 Å². The predicted octanol–water partition coefficient (Wildman–Crippen LogP) is 7.61. The first kappa shape index (κ1) is 24.7. The molecule has 3 aromatic rings. The lowest BCUT2D eigenvalue weighted by Gasteiger charge is -2.21. The molecule has 0 atom stereocenters. The highest BCUT2D eigenvalue weighted by Gasteiger charge is 2.16. The quantitative estimate of drug-likeness (QED) is 0.318. The third kappa shape index (κ3) is 5.63. The third-order valence-electron chi connectivity index (χ3n) is 6.26. The summed E-state index contributed by atoms with van der Waals surface area (Å²) in [5.41, 5.74) is 5.94. The van der Waals surface area contributed by atoms with Gasteiger partial charge in [0, 0.05) is 40.5 Å². The summed E-state index contributed by atoms with van der Waals surface area (Å²) in [6.45, 7) is 9.31. The van der Waals surface area contributed by atoms with Gasteiger partial charge in [-0.2, -0.15) is 0 Å². The second kappa shape index (κ2) is 11.3. The van der Waals surface area contributed by atoms with E-state index in [0.717, 1.165) is 69.9 Å². The maximum atomic E-state index is 11.5. The lowest BCUT2D eigenvalue weighted by Crippen LogP contribution is -2.21. The van der Waals surface area contributed by atoms with Crippen LogP contribution in [0.15, 0.2) is 83.4 Å². The topological polar surface area (TPSA) is 52.9 Å². The zero-order valence-corrected chi connectivity index (χ0v) is 21.4. The maximum Gasteiger partial charge on any atom is 0.335 e. The Hall–Kier alpha value is -3.44. The molecule has 0 amide bonds. The monoisotopic (exact) mass is 484 g/mol. The van der Waals surface area contributed by atoms with Gasteiger partial charge in [-0.3, -0.25) is 4.99 Å². The van der Waals surface area contributed by atoms with E-state index in [1.54, 1.807) is 23.5 Å². The van der Waals surface area contributed by atoms with Gasteiger partial charge in [-0.15, -0.1) is 11.3 Å². The van der Waals surface area contributed by atoms with Crippen LogP contribution in [0.5, 0.6) is 0 Å². The first-order valence-electron chi connectivity index (χ1n) is 12.3. The van der Waals surface area contributed by atoms with Crippen LogP contribution in [0, 0.1) is 0 Å². The van der Waals surface area contributed by atoms with Crippen molar-refractivity contribution in [1.29, 1.82) is 0 Å². The highest BCUT2D eigenvalue weighted by atomic mass is 32.1. The molecule has 1 aliphatic rings. The van der Waals surface area contributed by atoms with Crippen LogP contribution in [-0.2, 0) is 0 Å². The molecule has 1 N–H and O–H groups in total. The Morgan fingerprint density at radius 3 is 2.23 bits per heavy atom. The molecule has 35 heavy (non-hydrogen) atoms. The fourth-order valence-electron chi connectivity index (χ4n) is 4.27. The average Bonchev–Trinajstić information content (AvgIpc) is 3.29. The summed E-state index contributed by atoms with van der Waals surface area (Å²) in [6.07, 6.45) is 10.7. The number of anilines is 1. The molecule has 0 unspecified atom stereocenters.